The summed E-state index contributed by atoms with van der Waals surface area (Å²) in [4.78, 5) is 11.0. The smallest absolute Gasteiger partial charge is 0.357 e. The molecule has 2 heterocycles. The van der Waals surface area contributed by atoms with E-state index in [-0.39, 0.29) is 5.69 Å². The summed E-state index contributed by atoms with van der Waals surface area (Å²) < 4.78 is 5.25. The van der Waals surface area contributed by atoms with Crippen LogP contribution in [0.3, 0.4) is 0 Å². The van der Waals surface area contributed by atoms with Crippen LogP contribution in [-0.4, -0.2) is 39.6 Å². The summed E-state index contributed by atoms with van der Waals surface area (Å²) in [6.07, 6.45) is 1.08. The quantitative estimate of drug-likeness (QED) is 0.757. The third-order valence-corrected chi connectivity index (χ3v) is 3.62. The lowest BCUT2D eigenvalue weighted by molar-refractivity contribution is -0.0678. The lowest BCUT2D eigenvalue weighted by Gasteiger charge is -2.32. The first-order valence-electron chi connectivity index (χ1n) is 6.12. The van der Waals surface area contributed by atoms with E-state index in [1.54, 1.807) is 18.2 Å². The fourth-order valence-corrected chi connectivity index (χ4v) is 2.47. The first kappa shape index (κ1) is 12.1. The molecule has 3 rings (SSSR count). The number of hydrogen-bond donors (Lipinski definition) is 3. The summed E-state index contributed by atoms with van der Waals surface area (Å²) in [6, 6.07) is 5.21. The molecule has 0 aliphatic carbocycles. The van der Waals surface area contributed by atoms with Gasteiger partial charge in [0.2, 0.25) is 0 Å². The van der Waals surface area contributed by atoms with Crippen LogP contribution in [0.15, 0.2) is 18.2 Å². The molecule has 1 aromatic carbocycles. The molecule has 1 fully saturated rings. The number of nitrogens with one attached hydrogen (secondary N) is 1. The zero-order chi connectivity index (χ0) is 13.5. The van der Waals surface area contributed by atoms with E-state index in [0.29, 0.717) is 37.0 Å². The fraction of sp³-hybridized carbons (Fsp3) is 0.385. The van der Waals surface area contributed by atoms with Crippen LogP contribution in [-0.2, 0) is 10.3 Å². The van der Waals surface area contributed by atoms with Crippen molar-refractivity contribution in [1.29, 1.82) is 0 Å². The number of ether oxygens (including phenoxy) is 1. The number of aromatic amines is 1. The van der Waals surface area contributed by atoms with E-state index in [1.807, 2.05) is 0 Å². The predicted octanol–water partition coefficient (Wildman–Crippen LogP) is 1.26. The molecular weight excluding hydrogens is 248 g/mol. The standard InChI is InChI=1S/C13H14N2O4/c16-12(17)11-9-2-1-8(7-10(9)14-15-11)13(18)3-5-19-6-4-13/h1-2,7,18H,3-6H2,(H,14,15)(H,16,17). The average molecular weight is 262 g/mol. The van der Waals surface area contributed by atoms with Crippen LogP contribution in [0.5, 0.6) is 0 Å². The van der Waals surface area contributed by atoms with Crippen molar-refractivity contribution in [2.24, 2.45) is 0 Å². The lowest BCUT2D eigenvalue weighted by atomic mass is 9.86. The van der Waals surface area contributed by atoms with Crippen LogP contribution in [0, 0.1) is 0 Å². The summed E-state index contributed by atoms with van der Waals surface area (Å²) >= 11 is 0. The minimum atomic E-state index is -1.07. The third-order valence-electron chi connectivity index (χ3n) is 3.62. The number of fused-ring (bicyclic) bond motifs is 1. The molecule has 2 aromatic rings. The second-order valence-electron chi connectivity index (χ2n) is 4.78. The van der Waals surface area contributed by atoms with Gasteiger partial charge < -0.3 is 14.9 Å². The zero-order valence-electron chi connectivity index (χ0n) is 10.2. The van der Waals surface area contributed by atoms with Gasteiger partial charge in [-0.3, -0.25) is 5.10 Å². The molecular formula is C13H14N2O4. The molecule has 0 unspecified atom stereocenters. The first-order valence-corrected chi connectivity index (χ1v) is 6.12. The highest BCUT2D eigenvalue weighted by Gasteiger charge is 2.32. The monoisotopic (exact) mass is 262 g/mol. The van der Waals surface area contributed by atoms with Crippen molar-refractivity contribution in [3.05, 3.63) is 29.5 Å². The molecule has 3 N–H and O–H groups in total. The van der Waals surface area contributed by atoms with E-state index >= 15 is 0 Å². The molecule has 0 saturated carbocycles. The first-order chi connectivity index (χ1) is 9.10. The van der Waals surface area contributed by atoms with Gasteiger partial charge in [-0.1, -0.05) is 6.07 Å². The van der Waals surface area contributed by atoms with Crippen LogP contribution in [0.25, 0.3) is 10.9 Å². The molecule has 100 valence electrons. The van der Waals surface area contributed by atoms with Crippen LogP contribution in [0.4, 0.5) is 0 Å². The van der Waals surface area contributed by atoms with E-state index in [2.05, 4.69) is 10.2 Å². The number of hydrogen-bond acceptors (Lipinski definition) is 4. The fourth-order valence-electron chi connectivity index (χ4n) is 2.47. The molecule has 1 aliphatic rings. The Hall–Kier alpha value is -1.92. The Labute approximate surface area is 109 Å². The van der Waals surface area contributed by atoms with Gasteiger partial charge in [0.05, 0.1) is 11.1 Å². The van der Waals surface area contributed by atoms with Crippen molar-refractivity contribution < 1.29 is 19.7 Å². The number of aromatic nitrogens is 2. The number of rotatable bonds is 2. The van der Waals surface area contributed by atoms with E-state index in [0.717, 1.165) is 5.56 Å². The number of carboxylic acid groups (broad SMARTS) is 1. The second-order valence-corrected chi connectivity index (χ2v) is 4.78. The van der Waals surface area contributed by atoms with Crippen molar-refractivity contribution in [1.82, 2.24) is 10.2 Å². The Bertz CT molecular complexity index is 629. The van der Waals surface area contributed by atoms with Gasteiger partial charge in [0.1, 0.15) is 0 Å². The van der Waals surface area contributed by atoms with Crippen LogP contribution in [0.2, 0.25) is 0 Å². The highest BCUT2D eigenvalue weighted by molar-refractivity contribution is 6.01. The minimum absolute atomic E-state index is 0.000479. The number of nitrogens with zero attached hydrogens (tertiary/aromatic N) is 1. The van der Waals surface area contributed by atoms with Gasteiger partial charge in [0.25, 0.3) is 0 Å². The predicted molar refractivity (Wildman–Crippen MR) is 67.0 cm³/mol. The average Bonchev–Trinajstić information content (AvgIpc) is 2.82. The third kappa shape index (κ3) is 1.98. The van der Waals surface area contributed by atoms with Crippen molar-refractivity contribution in [3.63, 3.8) is 0 Å². The van der Waals surface area contributed by atoms with E-state index in [9.17, 15) is 9.90 Å². The molecule has 19 heavy (non-hydrogen) atoms. The molecule has 0 radical (unpaired) electrons. The molecule has 6 nitrogen and oxygen atoms in total. The Morgan fingerprint density at radius 1 is 1.37 bits per heavy atom. The number of H-pyrrole nitrogens is 1. The van der Waals surface area contributed by atoms with Gasteiger partial charge in [-0.15, -0.1) is 0 Å². The summed E-state index contributed by atoms with van der Waals surface area (Å²) in [5.41, 5.74) is 0.486. The van der Waals surface area contributed by atoms with Gasteiger partial charge in [-0.05, 0) is 17.7 Å². The highest BCUT2D eigenvalue weighted by atomic mass is 16.5. The Kier molecular flexibility index (Phi) is 2.76. The van der Waals surface area contributed by atoms with Gasteiger partial charge >= 0.3 is 5.97 Å². The van der Waals surface area contributed by atoms with Crippen LogP contribution in [0.1, 0.15) is 28.9 Å². The van der Waals surface area contributed by atoms with Gasteiger partial charge in [-0.25, -0.2) is 4.79 Å². The molecule has 6 heteroatoms. The van der Waals surface area contributed by atoms with E-state index in [4.69, 9.17) is 9.84 Å². The molecule has 0 spiro atoms. The largest absolute Gasteiger partial charge is 0.476 e. The highest BCUT2D eigenvalue weighted by Crippen LogP contribution is 2.33. The normalized spacial score (nSPS) is 18.6. The van der Waals surface area contributed by atoms with Crippen molar-refractivity contribution in [2.75, 3.05) is 13.2 Å². The van der Waals surface area contributed by atoms with Crippen LogP contribution >= 0.6 is 0 Å². The maximum absolute atomic E-state index is 11.0. The summed E-state index contributed by atoms with van der Waals surface area (Å²) in [6.45, 7) is 1.05. The minimum Gasteiger partial charge on any atom is -0.476 e. The number of carboxylic acids is 1. The Balaban J connectivity index is 2.05. The van der Waals surface area contributed by atoms with E-state index in [1.165, 1.54) is 0 Å². The summed E-state index contributed by atoms with van der Waals surface area (Å²) in [7, 11) is 0. The molecule has 1 aliphatic heterocycles. The maximum atomic E-state index is 11.0. The number of aromatic carboxylic acids is 1. The lowest BCUT2D eigenvalue weighted by Crippen LogP contribution is -2.33. The van der Waals surface area contributed by atoms with Gasteiger partial charge in [0, 0.05) is 31.4 Å². The molecule has 0 bridgehead atoms. The molecule has 1 aromatic heterocycles. The molecule has 1 saturated heterocycles. The van der Waals surface area contributed by atoms with Gasteiger partial charge in [-0.2, -0.15) is 5.10 Å². The number of aliphatic hydroxyl groups is 1. The van der Waals surface area contributed by atoms with Gasteiger partial charge in [0.15, 0.2) is 5.69 Å². The molecule has 0 atom stereocenters. The summed E-state index contributed by atoms with van der Waals surface area (Å²) in [5, 5.41) is 26.6. The number of carbonyl (C=O) groups is 1. The van der Waals surface area contributed by atoms with Crippen molar-refractivity contribution >= 4 is 16.9 Å². The Morgan fingerprint density at radius 2 is 2.11 bits per heavy atom. The van der Waals surface area contributed by atoms with E-state index < -0.39 is 11.6 Å². The van der Waals surface area contributed by atoms with Crippen LogP contribution < -0.4 is 0 Å². The molecule has 0 amide bonds. The zero-order valence-corrected chi connectivity index (χ0v) is 10.2. The van der Waals surface area contributed by atoms with Crippen molar-refractivity contribution in [3.8, 4) is 0 Å². The number of benzene rings is 1. The second kappa shape index (κ2) is 4.32. The summed E-state index contributed by atoms with van der Waals surface area (Å²) in [5.74, 6) is -1.07. The maximum Gasteiger partial charge on any atom is 0.357 e. The topological polar surface area (TPSA) is 95.4 Å². The Morgan fingerprint density at radius 3 is 2.79 bits per heavy atom. The SMILES string of the molecule is O=C(O)c1n[nH]c2cc(C3(O)CCOCC3)ccc12. The van der Waals surface area contributed by atoms with Crippen molar-refractivity contribution in [2.45, 2.75) is 18.4 Å².